The third-order valence-corrected chi connectivity index (χ3v) is 2.52. The van der Waals surface area contributed by atoms with Gasteiger partial charge in [0.25, 0.3) is 0 Å². The van der Waals surface area contributed by atoms with E-state index in [1.165, 1.54) is 0 Å². The highest BCUT2D eigenvalue weighted by molar-refractivity contribution is 7.99. The van der Waals surface area contributed by atoms with Crippen LogP contribution in [0.5, 0.6) is 0 Å². The summed E-state index contributed by atoms with van der Waals surface area (Å²) in [5.74, 6) is 2.69. The maximum atomic E-state index is 10.5. The van der Waals surface area contributed by atoms with E-state index in [1.54, 1.807) is 0 Å². The molecule has 0 aromatic carbocycles. The van der Waals surface area contributed by atoms with Crippen LogP contribution in [0.3, 0.4) is 0 Å². The molecule has 0 aliphatic heterocycles. The normalized spacial score (nSPS) is 9.67. The summed E-state index contributed by atoms with van der Waals surface area (Å²) < 4.78 is 0. The first-order valence-electron chi connectivity index (χ1n) is 3.50. The van der Waals surface area contributed by atoms with Gasteiger partial charge in [0.15, 0.2) is 5.16 Å². The van der Waals surface area contributed by atoms with Gasteiger partial charge in [0.1, 0.15) is 0 Å². The molecular weight excluding hydrogens is 261 g/mol. The van der Waals surface area contributed by atoms with Crippen molar-refractivity contribution < 1.29 is 4.92 Å². The van der Waals surface area contributed by atoms with Crippen molar-refractivity contribution in [3.05, 3.63) is 20.4 Å². The maximum absolute atomic E-state index is 10.5. The third kappa shape index (κ3) is 2.96. The van der Waals surface area contributed by atoms with E-state index in [1.807, 2.05) is 0 Å². The molecule has 0 amide bonds. The fourth-order valence-corrected chi connectivity index (χ4v) is 1.86. The van der Waals surface area contributed by atoms with Crippen molar-refractivity contribution >= 4 is 40.7 Å². The molecule has 15 heavy (non-hydrogen) atoms. The number of rotatable bonds is 3. The van der Waals surface area contributed by atoms with Crippen LogP contribution in [0.4, 0.5) is 5.69 Å². The lowest BCUT2D eigenvalue weighted by Gasteiger charge is -1.99. The summed E-state index contributed by atoms with van der Waals surface area (Å²) in [6.07, 6.45) is 5.03. The summed E-state index contributed by atoms with van der Waals surface area (Å²) in [4.78, 5) is 17.1. The molecule has 0 saturated heterocycles. The van der Waals surface area contributed by atoms with Gasteiger partial charge in [-0.1, -0.05) is 40.9 Å². The fraction of sp³-hybridized carbons (Fsp3) is 0.143. The topological polar surface area (TPSA) is 68.9 Å². The van der Waals surface area contributed by atoms with E-state index in [0.29, 0.717) is 5.75 Å². The highest BCUT2D eigenvalue weighted by Gasteiger charge is 2.21. The van der Waals surface area contributed by atoms with Gasteiger partial charge in [-0.25, -0.2) is 9.97 Å². The standard InChI is InChI=1S/C7H3Cl2N3O2S/c1-2-3-15-7-10-5(8)4(12(13)14)6(9)11-7/h1H,3H2. The largest absolute Gasteiger partial charge is 0.343 e. The van der Waals surface area contributed by atoms with E-state index in [4.69, 9.17) is 29.6 Å². The molecule has 1 rings (SSSR count). The van der Waals surface area contributed by atoms with Crippen LogP contribution in [0.15, 0.2) is 5.16 Å². The average Bonchev–Trinajstić information content (AvgIpc) is 2.12. The van der Waals surface area contributed by atoms with Crippen molar-refractivity contribution in [3.8, 4) is 12.3 Å². The predicted molar refractivity (Wildman–Crippen MR) is 58.3 cm³/mol. The number of terminal acetylenes is 1. The summed E-state index contributed by atoms with van der Waals surface area (Å²) in [5.41, 5.74) is -0.497. The first kappa shape index (κ1) is 12.0. The van der Waals surface area contributed by atoms with Gasteiger partial charge in [0, 0.05) is 0 Å². The van der Waals surface area contributed by atoms with E-state index in [0.717, 1.165) is 11.8 Å². The van der Waals surface area contributed by atoms with Crippen molar-refractivity contribution in [3.63, 3.8) is 0 Å². The second-order valence-electron chi connectivity index (χ2n) is 2.19. The minimum absolute atomic E-state index is 0.216. The van der Waals surface area contributed by atoms with Crippen LogP contribution in [0, 0.1) is 22.5 Å². The zero-order chi connectivity index (χ0) is 11.4. The van der Waals surface area contributed by atoms with Crippen molar-refractivity contribution in [1.29, 1.82) is 0 Å². The van der Waals surface area contributed by atoms with Gasteiger partial charge in [-0.05, 0) is 0 Å². The summed E-state index contributed by atoms with van der Waals surface area (Å²) in [6, 6.07) is 0. The Hall–Kier alpha value is -1.03. The van der Waals surface area contributed by atoms with Crippen molar-refractivity contribution in [2.75, 3.05) is 5.75 Å². The van der Waals surface area contributed by atoms with E-state index in [-0.39, 0.29) is 15.5 Å². The number of nitro groups is 1. The van der Waals surface area contributed by atoms with Gasteiger partial charge < -0.3 is 0 Å². The summed E-state index contributed by atoms with van der Waals surface area (Å²) in [5, 5.41) is 10.1. The molecular formula is C7H3Cl2N3O2S. The van der Waals surface area contributed by atoms with Crippen LogP contribution < -0.4 is 0 Å². The first-order valence-corrected chi connectivity index (χ1v) is 5.24. The average molecular weight is 264 g/mol. The monoisotopic (exact) mass is 263 g/mol. The smallest absolute Gasteiger partial charge is 0.258 e. The Bertz CT molecular complexity index is 423. The second-order valence-corrected chi connectivity index (χ2v) is 3.84. The Morgan fingerprint density at radius 2 is 2.00 bits per heavy atom. The Morgan fingerprint density at radius 3 is 2.40 bits per heavy atom. The molecule has 0 saturated carbocycles. The molecule has 78 valence electrons. The Balaban J connectivity index is 3.09. The molecule has 5 nitrogen and oxygen atoms in total. The molecule has 0 aliphatic rings. The number of thioether (sulfide) groups is 1. The van der Waals surface area contributed by atoms with Gasteiger partial charge >= 0.3 is 5.69 Å². The quantitative estimate of drug-likeness (QED) is 0.209. The highest BCUT2D eigenvalue weighted by Crippen LogP contribution is 2.31. The fourth-order valence-electron chi connectivity index (χ4n) is 0.705. The first-order chi connectivity index (χ1) is 7.06. The van der Waals surface area contributed by atoms with Crippen LogP contribution >= 0.6 is 35.0 Å². The SMILES string of the molecule is C#CCSc1nc(Cl)c([N+](=O)[O-])c(Cl)n1. The zero-order valence-electron chi connectivity index (χ0n) is 7.11. The minimum Gasteiger partial charge on any atom is -0.258 e. The third-order valence-electron chi connectivity index (χ3n) is 1.25. The van der Waals surface area contributed by atoms with E-state index in [2.05, 4.69) is 15.9 Å². The second kappa shape index (κ2) is 5.16. The number of halogens is 2. The molecule has 0 N–H and O–H groups in total. The molecule has 1 aromatic rings. The van der Waals surface area contributed by atoms with Crippen LogP contribution in [-0.2, 0) is 0 Å². The molecule has 0 radical (unpaired) electrons. The maximum Gasteiger partial charge on any atom is 0.343 e. The number of nitrogens with zero attached hydrogens (tertiary/aromatic N) is 3. The molecule has 8 heteroatoms. The molecule has 0 spiro atoms. The Labute approximate surface area is 99.3 Å². The number of aromatic nitrogens is 2. The van der Waals surface area contributed by atoms with Gasteiger partial charge in [0.05, 0.1) is 10.7 Å². The lowest BCUT2D eigenvalue weighted by molar-refractivity contribution is -0.385. The summed E-state index contributed by atoms with van der Waals surface area (Å²) in [7, 11) is 0. The van der Waals surface area contributed by atoms with Gasteiger partial charge in [-0.3, -0.25) is 10.1 Å². The molecule has 0 fully saturated rings. The summed E-state index contributed by atoms with van der Waals surface area (Å²) >= 11 is 12.3. The molecule has 1 heterocycles. The van der Waals surface area contributed by atoms with Crippen LogP contribution in [0.25, 0.3) is 0 Å². The molecule has 0 atom stereocenters. The lowest BCUT2D eigenvalue weighted by atomic mass is 10.5. The van der Waals surface area contributed by atoms with Gasteiger partial charge in [0.2, 0.25) is 10.3 Å². The van der Waals surface area contributed by atoms with Crippen molar-refractivity contribution in [2.45, 2.75) is 5.16 Å². The lowest BCUT2D eigenvalue weighted by Crippen LogP contribution is -1.97. The molecule has 0 unspecified atom stereocenters. The van der Waals surface area contributed by atoms with E-state index in [9.17, 15) is 10.1 Å². The number of hydrogen-bond donors (Lipinski definition) is 0. The Morgan fingerprint density at radius 1 is 1.47 bits per heavy atom. The highest BCUT2D eigenvalue weighted by atomic mass is 35.5. The molecule has 1 aromatic heterocycles. The minimum atomic E-state index is -0.736. The van der Waals surface area contributed by atoms with Crippen molar-refractivity contribution in [1.82, 2.24) is 9.97 Å². The van der Waals surface area contributed by atoms with Gasteiger partial charge in [-0.15, -0.1) is 6.42 Å². The van der Waals surface area contributed by atoms with Crippen LogP contribution in [-0.4, -0.2) is 20.6 Å². The molecule has 0 aliphatic carbocycles. The predicted octanol–water partition coefficient (Wildman–Crippen LogP) is 2.42. The van der Waals surface area contributed by atoms with E-state index < -0.39 is 10.6 Å². The summed E-state index contributed by atoms with van der Waals surface area (Å²) in [6.45, 7) is 0. The van der Waals surface area contributed by atoms with E-state index >= 15 is 0 Å². The van der Waals surface area contributed by atoms with Crippen LogP contribution in [0.2, 0.25) is 10.3 Å². The van der Waals surface area contributed by atoms with Crippen molar-refractivity contribution in [2.24, 2.45) is 0 Å². The zero-order valence-corrected chi connectivity index (χ0v) is 9.44. The van der Waals surface area contributed by atoms with Gasteiger partial charge in [-0.2, -0.15) is 0 Å². The molecule has 0 bridgehead atoms. The number of hydrogen-bond acceptors (Lipinski definition) is 5. The van der Waals surface area contributed by atoms with Crippen LogP contribution in [0.1, 0.15) is 0 Å². The Kier molecular flexibility index (Phi) is 4.15.